The minimum atomic E-state index is -5.77. The highest BCUT2D eigenvalue weighted by Gasteiger charge is 2.58. The molecule has 0 spiro atoms. The van der Waals surface area contributed by atoms with Gasteiger partial charge >= 0.3 is 18.1 Å². The quantitative estimate of drug-likeness (QED) is 0.828. The molecular weight excluding hydrogens is 241 g/mol. The van der Waals surface area contributed by atoms with E-state index in [0.717, 1.165) is 0 Å². The number of carboxylic acid groups (broad SMARTS) is 1. The standard InChI is InChI=1S/C7H4F5NO3/c8-6(9,7(10,11)12)1-4-3(5(14)15)2-13-16-4/h2H,1H2,(H,14,15). The lowest BCUT2D eigenvalue weighted by molar-refractivity contribution is -0.282. The minimum Gasteiger partial charge on any atom is -0.478 e. The highest BCUT2D eigenvalue weighted by molar-refractivity contribution is 5.88. The Kier molecular flexibility index (Phi) is 2.89. The summed E-state index contributed by atoms with van der Waals surface area (Å²) < 4.78 is 64.5. The van der Waals surface area contributed by atoms with E-state index in [9.17, 15) is 26.7 Å². The summed E-state index contributed by atoms with van der Waals surface area (Å²) in [7, 11) is 0. The number of halogens is 5. The predicted octanol–water partition coefficient (Wildman–Crippen LogP) is 2.11. The largest absolute Gasteiger partial charge is 0.478 e. The van der Waals surface area contributed by atoms with Gasteiger partial charge in [-0.25, -0.2) is 4.79 Å². The summed E-state index contributed by atoms with van der Waals surface area (Å²) in [5.74, 6) is -7.76. The van der Waals surface area contributed by atoms with Crippen LogP contribution in [0.15, 0.2) is 10.7 Å². The van der Waals surface area contributed by atoms with Crippen LogP contribution in [0.4, 0.5) is 22.0 Å². The van der Waals surface area contributed by atoms with Crippen molar-refractivity contribution >= 4 is 5.97 Å². The van der Waals surface area contributed by atoms with Gasteiger partial charge in [0.2, 0.25) is 0 Å². The molecule has 16 heavy (non-hydrogen) atoms. The Balaban J connectivity index is 2.97. The lowest BCUT2D eigenvalue weighted by atomic mass is 10.1. The van der Waals surface area contributed by atoms with Crippen LogP contribution in [0.2, 0.25) is 0 Å². The van der Waals surface area contributed by atoms with E-state index < -0.39 is 35.8 Å². The number of carbonyl (C=O) groups is 1. The second-order valence-corrected chi connectivity index (χ2v) is 2.85. The van der Waals surface area contributed by atoms with Crippen LogP contribution in [-0.4, -0.2) is 28.3 Å². The maximum atomic E-state index is 12.5. The number of aromatic nitrogens is 1. The van der Waals surface area contributed by atoms with E-state index in [0.29, 0.717) is 6.20 Å². The Morgan fingerprint density at radius 2 is 1.94 bits per heavy atom. The predicted molar refractivity (Wildman–Crippen MR) is 38.2 cm³/mol. The average Bonchev–Trinajstić information content (AvgIpc) is 2.49. The van der Waals surface area contributed by atoms with Crippen LogP contribution in [0.1, 0.15) is 16.1 Å². The van der Waals surface area contributed by atoms with Crippen molar-refractivity contribution in [2.24, 2.45) is 0 Å². The van der Waals surface area contributed by atoms with E-state index in [2.05, 4.69) is 9.68 Å². The normalized spacial score (nSPS) is 12.8. The first-order valence-corrected chi connectivity index (χ1v) is 3.76. The zero-order chi connectivity index (χ0) is 12.6. The van der Waals surface area contributed by atoms with Gasteiger partial charge in [-0.3, -0.25) is 0 Å². The summed E-state index contributed by atoms with van der Waals surface area (Å²) in [5, 5.41) is 11.3. The molecule has 0 aliphatic heterocycles. The third-order valence-corrected chi connectivity index (χ3v) is 1.67. The van der Waals surface area contributed by atoms with Crippen molar-refractivity contribution in [3.05, 3.63) is 17.5 Å². The number of aromatic carboxylic acids is 1. The summed E-state index contributed by atoms with van der Waals surface area (Å²) in [6, 6.07) is 0. The molecule has 1 heterocycles. The topological polar surface area (TPSA) is 63.3 Å². The van der Waals surface area contributed by atoms with Gasteiger partial charge in [0.25, 0.3) is 0 Å². The fourth-order valence-corrected chi connectivity index (χ4v) is 0.868. The summed E-state index contributed by atoms with van der Waals surface area (Å²) in [5.41, 5.74) is -0.816. The molecule has 1 N–H and O–H groups in total. The molecule has 0 aliphatic carbocycles. The number of rotatable bonds is 3. The van der Waals surface area contributed by atoms with Crippen molar-refractivity contribution in [1.82, 2.24) is 5.16 Å². The van der Waals surface area contributed by atoms with Crippen LogP contribution in [-0.2, 0) is 6.42 Å². The second-order valence-electron chi connectivity index (χ2n) is 2.85. The van der Waals surface area contributed by atoms with E-state index in [1.165, 1.54) is 0 Å². The van der Waals surface area contributed by atoms with Crippen molar-refractivity contribution in [2.75, 3.05) is 0 Å². The molecule has 0 fully saturated rings. The van der Waals surface area contributed by atoms with Crippen LogP contribution >= 0.6 is 0 Å². The number of hydrogen-bond donors (Lipinski definition) is 1. The SMILES string of the molecule is O=C(O)c1cnoc1CC(F)(F)C(F)(F)F. The third kappa shape index (κ3) is 2.28. The summed E-state index contributed by atoms with van der Waals surface area (Å²) in [6.45, 7) is 0. The van der Waals surface area contributed by atoms with E-state index >= 15 is 0 Å². The molecule has 1 aromatic heterocycles. The van der Waals surface area contributed by atoms with Gasteiger partial charge in [0.1, 0.15) is 5.56 Å². The van der Waals surface area contributed by atoms with Crippen molar-refractivity contribution in [2.45, 2.75) is 18.5 Å². The number of alkyl halides is 5. The molecule has 1 aromatic rings. The molecule has 0 atom stereocenters. The maximum absolute atomic E-state index is 12.5. The van der Waals surface area contributed by atoms with Gasteiger partial charge in [-0.05, 0) is 0 Å². The molecule has 0 aliphatic rings. The number of hydrogen-bond acceptors (Lipinski definition) is 3. The molecule has 0 unspecified atom stereocenters. The Bertz CT molecular complexity index is 397. The highest BCUT2D eigenvalue weighted by atomic mass is 19.4. The zero-order valence-corrected chi connectivity index (χ0v) is 7.39. The van der Waals surface area contributed by atoms with Crippen LogP contribution in [0.3, 0.4) is 0 Å². The van der Waals surface area contributed by atoms with Crippen molar-refractivity contribution < 1.29 is 36.4 Å². The van der Waals surface area contributed by atoms with Crippen molar-refractivity contribution in [3.8, 4) is 0 Å². The van der Waals surface area contributed by atoms with Crippen molar-refractivity contribution in [3.63, 3.8) is 0 Å². The lowest BCUT2D eigenvalue weighted by Gasteiger charge is -2.17. The Morgan fingerprint density at radius 1 is 1.38 bits per heavy atom. The zero-order valence-electron chi connectivity index (χ0n) is 7.39. The van der Waals surface area contributed by atoms with Crippen LogP contribution in [0, 0.1) is 0 Å². The Morgan fingerprint density at radius 3 is 2.38 bits per heavy atom. The molecule has 4 nitrogen and oxygen atoms in total. The van der Waals surface area contributed by atoms with Crippen molar-refractivity contribution in [1.29, 1.82) is 0 Å². The van der Waals surface area contributed by atoms with Gasteiger partial charge in [0, 0.05) is 0 Å². The van der Waals surface area contributed by atoms with Gasteiger partial charge in [0.05, 0.1) is 12.6 Å². The maximum Gasteiger partial charge on any atom is 0.453 e. The molecule has 90 valence electrons. The molecule has 9 heteroatoms. The molecule has 1 rings (SSSR count). The lowest BCUT2D eigenvalue weighted by Crippen LogP contribution is -2.38. The molecule has 0 aromatic carbocycles. The number of carboxylic acids is 1. The Labute approximate surface area is 84.6 Å². The third-order valence-electron chi connectivity index (χ3n) is 1.67. The fraction of sp³-hybridized carbons (Fsp3) is 0.429. The highest BCUT2D eigenvalue weighted by Crippen LogP contribution is 2.38. The summed E-state index contributed by atoms with van der Waals surface area (Å²) >= 11 is 0. The van der Waals surface area contributed by atoms with Gasteiger partial charge in [-0.1, -0.05) is 5.16 Å². The van der Waals surface area contributed by atoms with E-state index in [1.54, 1.807) is 0 Å². The van der Waals surface area contributed by atoms with E-state index in [-0.39, 0.29) is 0 Å². The summed E-state index contributed by atoms with van der Waals surface area (Å²) in [6.07, 6.45) is -7.10. The van der Waals surface area contributed by atoms with Crippen LogP contribution in [0.25, 0.3) is 0 Å². The molecule has 0 bridgehead atoms. The van der Waals surface area contributed by atoms with Crippen LogP contribution in [0.5, 0.6) is 0 Å². The molecule has 0 radical (unpaired) electrons. The molecule has 0 saturated heterocycles. The first-order chi connectivity index (χ1) is 7.15. The molecular formula is C7H4F5NO3. The second kappa shape index (κ2) is 3.72. The average molecular weight is 245 g/mol. The fourth-order valence-electron chi connectivity index (χ4n) is 0.868. The monoisotopic (exact) mass is 245 g/mol. The molecule has 0 amide bonds. The number of nitrogens with zero attached hydrogens (tertiary/aromatic N) is 1. The Hall–Kier alpha value is -1.67. The summed E-state index contributed by atoms with van der Waals surface area (Å²) in [4.78, 5) is 10.4. The van der Waals surface area contributed by atoms with Gasteiger partial charge < -0.3 is 9.63 Å². The smallest absolute Gasteiger partial charge is 0.453 e. The minimum absolute atomic E-state index is 0.560. The van der Waals surface area contributed by atoms with Crippen LogP contribution < -0.4 is 0 Å². The first kappa shape index (κ1) is 12.4. The van der Waals surface area contributed by atoms with Gasteiger partial charge in [-0.2, -0.15) is 22.0 Å². The van der Waals surface area contributed by atoms with E-state index in [1.807, 2.05) is 0 Å². The molecule has 0 saturated carbocycles. The first-order valence-electron chi connectivity index (χ1n) is 3.76. The van der Waals surface area contributed by atoms with Gasteiger partial charge in [0.15, 0.2) is 5.76 Å². The van der Waals surface area contributed by atoms with Gasteiger partial charge in [-0.15, -0.1) is 0 Å². The van der Waals surface area contributed by atoms with E-state index in [4.69, 9.17) is 5.11 Å².